The molecule has 17 atom stereocenters. The normalized spacial score (nSPS) is 25.8. The van der Waals surface area contributed by atoms with E-state index in [9.17, 15) is 61.0 Å². The van der Waals surface area contributed by atoms with E-state index < -0.39 is 124 Å². The minimum atomic E-state index is -1.98. The van der Waals surface area contributed by atoms with Crippen molar-refractivity contribution in [1.82, 2.24) is 5.32 Å². The van der Waals surface area contributed by atoms with Gasteiger partial charge in [-0.2, -0.15) is 0 Å². The number of amides is 1. The van der Waals surface area contributed by atoms with Gasteiger partial charge in [-0.15, -0.1) is 0 Å². The zero-order valence-electron chi connectivity index (χ0n) is 66.9. The maximum Gasteiger partial charge on any atom is 0.220 e. The Kier molecular flexibility index (Phi) is 62.2. The lowest BCUT2D eigenvalue weighted by molar-refractivity contribution is -0.379. The Bertz CT molecular complexity index is 2100. The van der Waals surface area contributed by atoms with Gasteiger partial charge in [0.2, 0.25) is 5.91 Å². The Hall–Kier alpha value is -2.25. The van der Waals surface area contributed by atoms with Crippen LogP contribution in [0.1, 0.15) is 367 Å². The fourth-order valence-electron chi connectivity index (χ4n) is 14.8. The fourth-order valence-corrected chi connectivity index (χ4v) is 14.8. The molecule has 19 nitrogen and oxygen atoms in total. The molecule has 0 aromatic rings. The van der Waals surface area contributed by atoms with Crippen molar-refractivity contribution in [3.63, 3.8) is 0 Å². The molecule has 3 aliphatic heterocycles. The van der Waals surface area contributed by atoms with Crippen LogP contribution in [0.5, 0.6) is 0 Å². The average Bonchev–Trinajstić information content (AvgIpc) is 0.781. The maximum absolute atomic E-state index is 13.5. The smallest absolute Gasteiger partial charge is 0.220 e. The monoisotopic (exact) mass is 1510 g/mol. The third kappa shape index (κ3) is 46.1. The van der Waals surface area contributed by atoms with E-state index in [1.54, 1.807) is 6.08 Å². The highest BCUT2D eigenvalue weighted by Gasteiger charge is 2.54. The van der Waals surface area contributed by atoms with E-state index in [1.165, 1.54) is 289 Å². The Labute approximate surface area is 643 Å². The van der Waals surface area contributed by atoms with Gasteiger partial charge in [0.05, 0.1) is 38.6 Å². The first-order valence-corrected chi connectivity index (χ1v) is 43.9. The van der Waals surface area contributed by atoms with E-state index in [-0.39, 0.29) is 18.9 Å². The van der Waals surface area contributed by atoms with Crippen LogP contribution in [-0.4, -0.2) is 193 Å². The van der Waals surface area contributed by atoms with Gasteiger partial charge in [-0.25, -0.2) is 0 Å². The van der Waals surface area contributed by atoms with Gasteiger partial charge in [-0.3, -0.25) is 4.79 Å². The Morgan fingerprint density at radius 3 is 0.943 bits per heavy atom. The summed E-state index contributed by atoms with van der Waals surface area (Å²) in [4.78, 5) is 13.5. The molecule has 0 aromatic heterocycles. The highest BCUT2D eigenvalue weighted by atomic mass is 16.8. The van der Waals surface area contributed by atoms with Crippen LogP contribution in [0.2, 0.25) is 0 Å². The molecule has 622 valence electrons. The fraction of sp³-hybridized carbons (Fsp3) is 0.897. The van der Waals surface area contributed by atoms with Crippen LogP contribution in [0.4, 0.5) is 0 Å². The largest absolute Gasteiger partial charge is 0.394 e. The van der Waals surface area contributed by atoms with Crippen LogP contribution >= 0.6 is 0 Å². The van der Waals surface area contributed by atoms with Crippen LogP contribution in [0.15, 0.2) is 48.6 Å². The molecule has 0 aromatic carbocycles. The zero-order valence-corrected chi connectivity index (χ0v) is 66.9. The lowest BCUT2D eigenvalue weighted by atomic mass is 9.96. The van der Waals surface area contributed by atoms with Crippen LogP contribution in [0.25, 0.3) is 0 Å². The van der Waals surface area contributed by atoms with Crippen molar-refractivity contribution in [1.29, 1.82) is 0 Å². The SMILES string of the molecule is CCCCCCCCCC/C=C\CCCCCCCCCCCCCCCCCCCCCCCC(=O)NC(COC1OC(CO)C(OC2OC(CO)C(OC3OC(CO)C(O)C(O)C3O)C(O)C2O)C(O)C1O)C(O)/C=C/CC/C=C/CC/C=C/CCCCCCCCCCCCCCCCCCCC. The zero-order chi connectivity index (χ0) is 76.7. The van der Waals surface area contributed by atoms with E-state index >= 15 is 0 Å². The van der Waals surface area contributed by atoms with Gasteiger partial charge in [0.1, 0.15) is 73.2 Å². The van der Waals surface area contributed by atoms with Gasteiger partial charge >= 0.3 is 0 Å². The third-order valence-electron chi connectivity index (χ3n) is 21.8. The summed E-state index contributed by atoms with van der Waals surface area (Å²) in [5.41, 5.74) is 0. The summed E-state index contributed by atoms with van der Waals surface area (Å²) in [6.45, 7) is 1.77. The number of carbonyl (C=O) groups excluding carboxylic acids is 1. The number of aliphatic hydroxyl groups excluding tert-OH is 11. The van der Waals surface area contributed by atoms with Crippen molar-refractivity contribution >= 4 is 5.91 Å². The molecule has 0 spiro atoms. The Morgan fingerprint density at radius 1 is 0.330 bits per heavy atom. The van der Waals surface area contributed by atoms with Gasteiger partial charge in [-0.1, -0.05) is 339 Å². The second kappa shape index (κ2) is 67.3. The van der Waals surface area contributed by atoms with Crippen molar-refractivity contribution in [2.45, 2.75) is 471 Å². The molecule has 3 saturated heterocycles. The Balaban J connectivity index is 1.35. The molecule has 1 amide bonds. The van der Waals surface area contributed by atoms with Gasteiger partial charge in [0, 0.05) is 6.42 Å². The van der Waals surface area contributed by atoms with E-state index in [1.807, 2.05) is 6.08 Å². The molecule has 0 radical (unpaired) electrons. The van der Waals surface area contributed by atoms with Gasteiger partial charge in [0.25, 0.3) is 0 Å². The van der Waals surface area contributed by atoms with Crippen molar-refractivity contribution < 1.29 is 89.4 Å². The van der Waals surface area contributed by atoms with Crippen LogP contribution in [0, 0.1) is 0 Å². The molecular weight excluding hydrogens is 1350 g/mol. The Morgan fingerprint density at radius 2 is 0.604 bits per heavy atom. The molecule has 3 rings (SSSR count). The lowest BCUT2D eigenvalue weighted by Crippen LogP contribution is -2.66. The van der Waals surface area contributed by atoms with E-state index in [0.717, 1.165) is 44.9 Å². The lowest BCUT2D eigenvalue weighted by Gasteiger charge is -2.48. The number of ether oxygens (including phenoxy) is 6. The molecule has 3 aliphatic rings. The summed E-state index contributed by atoms with van der Waals surface area (Å²) >= 11 is 0. The molecule has 0 bridgehead atoms. The molecule has 106 heavy (non-hydrogen) atoms. The summed E-state index contributed by atoms with van der Waals surface area (Å²) in [5.74, 6) is -0.283. The topological polar surface area (TPSA) is 307 Å². The van der Waals surface area contributed by atoms with Crippen molar-refractivity contribution in [3.8, 4) is 0 Å². The summed E-state index contributed by atoms with van der Waals surface area (Å²) in [6.07, 6.45) is 59.8. The van der Waals surface area contributed by atoms with E-state index in [2.05, 4.69) is 55.6 Å². The molecule has 12 N–H and O–H groups in total. The number of rotatable bonds is 71. The first-order valence-electron chi connectivity index (χ1n) is 43.9. The first kappa shape index (κ1) is 97.9. The summed E-state index contributed by atoms with van der Waals surface area (Å²) in [5, 5.41) is 121. The minimum absolute atomic E-state index is 0.235. The second-order valence-electron chi connectivity index (χ2n) is 31.3. The molecule has 17 unspecified atom stereocenters. The maximum atomic E-state index is 13.5. The summed E-state index contributed by atoms with van der Waals surface area (Å²) in [7, 11) is 0. The molecule has 3 fully saturated rings. The van der Waals surface area contributed by atoms with E-state index in [0.29, 0.717) is 12.8 Å². The minimum Gasteiger partial charge on any atom is -0.394 e. The highest BCUT2D eigenvalue weighted by Crippen LogP contribution is 2.33. The predicted octanol–water partition coefficient (Wildman–Crippen LogP) is 16.0. The molecule has 3 heterocycles. The van der Waals surface area contributed by atoms with Crippen molar-refractivity contribution in [3.05, 3.63) is 48.6 Å². The molecule has 0 aliphatic carbocycles. The quantitative estimate of drug-likeness (QED) is 0.0199. The van der Waals surface area contributed by atoms with Crippen LogP contribution < -0.4 is 5.32 Å². The number of hydrogen-bond acceptors (Lipinski definition) is 18. The number of unbranched alkanes of at least 4 members (excludes halogenated alkanes) is 49. The third-order valence-corrected chi connectivity index (χ3v) is 21.8. The number of allylic oxidation sites excluding steroid dienone is 7. The summed E-state index contributed by atoms with van der Waals surface area (Å²) < 4.78 is 34.5. The number of carbonyl (C=O) groups is 1. The standard InChI is InChI=1S/C87H161NO18/c1-3-5-7-9-11-13-15-17-19-21-23-25-27-29-31-33-34-35-36-37-39-41-43-45-47-49-51-53-55-57-59-61-63-65-75(93)88-70(71(92)64-62-60-58-56-54-52-50-48-46-44-42-40-38-32-30-28-26-24-22-20-18-16-14-12-10-8-6-4-2)69-101-85-81(99)78(96)83(73(67-90)103-85)106-87-82(100)79(97)84(74(68-91)104-87)105-86-80(98)77(95)76(94)72(66-89)102-86/h21,23,46,48,54,56,62,64,70-74,76-87,89-92,94-100H,3-20,22,24-45,47,49-53,55,57-61,63,65-69H2,1-2H3,(H,88,93)/b23-21-,48-46+,56-54+,64-62+. The number of aliphatic hydroxyl groups is 11. The van der Waals surface area contributed by atoms with Gasteiger partial charge in [-0.05, 0) is 70.6 Å². The number of hydrogen-bond donors (Lipinski definition) is 12. The van der Waals surface area contributed by atoms with Crippen molar-refractivity contribution in [2.75, 3.05) is 26.4 Å². The molecule has 0 saturated carbocycles. The summed E-state index contributed by atoms with van der Waals surface area (Å²) in [6, 6.07) is -0.998. The van der Waals surface area contributed by atoms with Crippen molar-refractivity contribution in [2.24, 2.45) is 0 Å². The first-order chi connectivity index (χ1) is 51.8. The van der Waals surface area contributed by atoms with Gasteiger partial charge in [0.15, 0.2) is 18.9 Å². The van der Waals surface area contributed by atoms with E-state index in [4.69, 9.17) is 28.4 Å². The van der Waals surface area contributed by atoms with Crippen LogP contribution in [-0.2, 0) is 33.2 Å². The highest BCUT2D eigenvalue weighted by molar-refractivity contribution is 5.76. The van der Waals surface area contributed by atoms with Crippen LogP contribution in [0.3, 0.4) is 0 Å². The van der Waals surface area contributed by atoms with Gasteiger partial charge < -0.3 is 89.9 Å². The number of nitrogens with one attached hydrogen (secondary N) is 1. The second-order valence-corrected chi connectivity index (χ2v) is 31.3. The molecular formula is C87H161NO18. The molecule has 19 heteroatoms. The average molecular weight is 1510 g/mol. The predicted molar refractivity (Wildman–Crippen MR) is 425 cm³/mol.